The Bertz CT molecular complexity index is 1120. The molecule has 166 valence electrons. The van der Waals surface area contributed by atoms with Gasteiger partial charge in [-0.15, -0.1) is 0 Å². The van der Waals surface area contributed by atoms with E-state index < -0.39 is 4.92 Å². The Kier molecular flexibility index (Phi) is 5.89. The molecule has 8 nitrogen and oxygen atoms in total. The zero-order valence-electron chi connectivity index (χ0n) is 17.9. The summed E-state index contributed by atoms with van der Waals surface area (Å²) in [5.41, 5.74) is 2.58. The average Bonchev–Trinajstić information content (AvgIpc) is 3.20. The van der Waals surface area contributed by atoms with Crippen LogP contribution in [0.2, 0.25) is 0 Å². The fourth-order valence-corrected chi connectivity index (χ4v) is 4.12. The molecule has 0 saturated carbocycles. The fourth-order valence-electron chi connectivity index (χ4n) is 4.12. The summed E-state index contributed by atoms with van der Waals surface area (Å²) in [5, 5.41) is 15.3. The van der Waals surface area contributed by atoms with Gasteiger partial charge in [-0.3, -0.25) is 19.6 Å². The second kappa shape index (κ2) is 8.78. The first-order valence-electron chi connectivity index (χ1n) is 10.4. The first-order chi connectivity index (χ1) is 15.3. The highest BCUT2D eigenvalue weighted by atomic mass is 19.1. The number of non-ortho nitro benzene ring substituents is 1. The molecule has 3 aromatic rings. The van der Waals surface area contributed by atoms with Crippen molar-refractivity contribution in [1.29, 1.82) is 0 Å². The number of carbonyl (C=O) groups excluding carboxylic acids is 1. The zero-order chi connectivity index (χ0) is 22.8. The molecule has 1 fully saturated rings. The van der Waals surface area contributed by atoms with Crippen molar-refractivity contribution in [3.63, 3.8) is 0 Å². The minimum Gasteiger partial charge on any atom is -0.371 e. The molecule has 2 heterocycles. The molecule has 1 saturated heterocycles. The third-order valence-electron chi connectivity index (χ3n) is 5.94. The number of benzene rings is 2. The predicted molar refractivity (Wildman–Crippen MR) is 119 cm³/mol. The van der Waals surface area contributed by atoms with E-state index in [-0.39, 0.29) is 23.5 Å². The molecule has 1 aromatic heterocycles. The smallest absolute Gasteiger partial charge is 0.269 e. The monoisotopic (exact) mass is 437 g/mol. The summed E-state index contributed by atoms with van der Waals surface area (Å²) < 4.78 is 14.8. The minimum atomic E-state index is -0.458. The standard InChI is InChI=1S/C23H24FN5O3/c1-26-15-21(22(25-26)16-3-7-20(8-4-16)29(31)32)23(30)27(2)18-11-13-28(14-12-18)19-9-5-17(24)6-10-19/h3-10,15,18H,11-14H2,1-2H3. The van der Waals surface area contributed by atoms with Crippen LogP contribution < -0.4 is 4.90 Å². The average molecular weight is 437 g/mol. The van der Waals surface area contributed by atoms with Gasteiger partial charge in [0.1, 0.15) is 11.5 Å². The van der Waals surface area contributed by atoms with Crippen LogP contribution in [0.1, 0.15) is 23.2 Å². The first-order valence-corrected chi connectivity index (χ1v) is 10.4. The minimum absolute atomic E-state index is 0.0115. The van der Waals surface area contributed by atoms with Crippen molar-refractivity contribution in [2.75, 3.05) is 25.0 Å². The van der Waals surface area contributed by atoms with Crippen molar-refractivity contribution in [2.45, 2.75) is 18.9 Å². The number of carbonyl (C=O) groups is 1. The van der Waals surface area contributed by atoms with Crippen LogP contribution in [0.5, 0.6) is 0 Å². The van der Waals surface area contributed by atoms with E-state index in [2.05, 4.69) is 10.00 Å². The van der Waals surface area contributed by atoms with Crippen molar-refractivity contribution in [3.05, 3.63) is 76.2 Å². The number of anilines is 1. The second-order valence-electron chi connectivity index (χ2n) is 7.98. The SMILES string of the molecule is CN(C(=O)c1cn(C)nc1-c1ccc([N+](=O)[O-])cc1)C1CCN(c2ccc(F)cc2)CC1. The van der Waals surface area contributed by atoms with Gasteiger partial charge in [0.25, 0.3) is 11.6 Å². The van der Waals surface area contributed by atoms with Crippen LogP contribution in [0.25, 0.3) is 11.3 Å². The molecular weight excluding hydrogens is 413 g/mol. The Labute approximate surface area is 185 Å². The lowest BCUT2D eigenvalue weighted by Crippen LogP contribution is -2.45. The van der Waals surface area contributed by atoms with Crippen LogP contribution in [0, 0.1) is 15.9 Å². The van der Waals surface area contributed by atoms with E-state index >= 15 is 0 Å². The number of hydrogen-bond donors (Lipinski definition) is 0. The topological polar surface area (TPSA) is 84.5 Å². The molecule has 1 amide bonds. The molecule has 0 unspecified atom stereocenters. The lowest BCUT2D eigenvalue weighted by Gasteiger charge is -2.37. The highest BCUT2D eigenvalue weighted by Gasteiger charge is 2.29. The van der Waals surface area contributed by atoms with Crippen molar-refractivity contribution >= 4 is 17.3 Å². The van der Waals surface area contributed by atoms with Crippen LogP contribution in [-0.2, 0) is 7.05 Å². The molecule has 1 aliphatic rings. The number of aryl methyl sites for hydroxylation is 1. The Morgan fingerprint density at radius 3 is 2.34 bits per heavy atom. The van der Waals surface area contributed by atoms with E-state index in [1.165, 1.54) is 24.3 Å². The van der Waals surface area contributed by atoms with Gasteiger partial charge in [0, 0.05) is 62.8 Å². The van der Waals surface area contributed by atoms with E-state index in [1.807, 2.05) is 0 Å². The molecule has 9 heteroatoms. The van der Waals surface area contributed by atoms with Gasteiger partial charge in [-0.2, -0.15) is 5.10 Å². The number of halogens is 1. The van der Waals surface area contributed by atoms with E-state index in [1.54, 1.807) is 54.1 Å². The largest absolute Gasteiger partial charge is 0.371 e. The van der Waals surface area contributed by atoms with Gasteiger partial charge in [-0.1, -0.05) is 0 Å². The highest BCUT2D eigenvalue weighted by molar-refractivity contribution is 5.99. The van der Waals surface area contributed by atoms with Crippen LogP contribution in [0.15, 0.2) is 54.7 Å². The number of hydrogen-bond acceptors (Lipinski definition) is 5. The van der Waals surface area contributed by atoms with Gasteiger partial charge >= 0.3 is 0 Å². The molecule has 0 N–H and O–H groups in total. The van der Waals surface area contributed by atoms with Crippen LogP contribution >= 0.6 is 0 Å². The Balaban J connectivity index is 1.48. The van der Waals surface area contributed by atoms with Crippen LogP contribution in [0.4, 0.5) is 15.8 Å². The molecule has 32 heavy (non-hydrogen) atoms. The maximum absolute atomic E-state index is 13.3. The summed E-state index contributed by atoms with van der Waals surface area (Å²) in [6.07, 6.45) is 3.28. The first kappa shape index (κ1) is 21.5. The Morgan fingerprint density at radius 1 is 1.12 bits per heavy atom. The fraction of sp³-hybridized carbons (Fsp3) is 0.304. The molecule has 0 atom stereocenters. The molecule has 0 bridgehead atoms. The quantitative estimate of drug-likeness (QED) is 0.447. The molecule has 1 aliphatic heterocycles. The van der Waals surface area contributed by atoms with Crippen molar-refractivity contribution in [2.24, 2.45) is 7.05 Å². The molecule has 2 aromatic carbocycles. The normalized spacial score (nSPS) is 14.4. The Hall–Kier alpha value is -3.75. The van der Waals surface area contributed by atoms with E-state index in [0.29, 0.717) is 16.8 Å². The number of piperidine rings is 1. The Morgan fingerprint density at radius 2 is 1.75 bits per heavy atom. The van der Waals surface area contributed by atoms with Crippen molar-refractivity contribution in [3.8, 4) is 11.3 Å². The number of nitro groups is 1. The van der Waals surface area contributed by atoms with Gasteiger partial charge in [-0.05, 0) is 49.2 Å². The van der Waals surface area contributed by atoms with Crippen LogP contribution in [-0.4, -0.2) is 51.7 Å². The summed E-state index contributed by atoms with van der Waals surface area (Å²) in [4.78, 5) is 27.7. The third kappa shape index (κ3) is 4.32. The summed E-state index contributed by atoms with van der Waals surface area (Å²) in [7, 11) is 3.54. The van der Waals surface area contributed by atoms with E-state index in [9.17, 15) is 19.3 Å². The van der Waals surface area contributed by atoms with Crippen molar-refractivity contribution in [1.82, 2.24) is 14.7 Å². The van der Waals surface area contributed by atoms with Gasteiger partial charge in [0.05, 0.1) is 10.5 Å². The number of nitrogens with zero attached hydrogens (tertiary/aromatic N) is 5. The zero-order valence-corrected chi connectivity index (χ0v) is 17.9. The van der Waals surface area contributed by atoms with E-state index in [0.717, 1.165) is 31.6 Å². The van der Waals surface area contributed by atoms with Gasteiger partial charge < -0.3 is 9.80 Å². The van der Waals surface area contributed by atoms with Crippen molar-refractivity contribution < 1.29 is 14.1 Å². The van der Waals surface area contributed by atoms with Gasteiger partial charge in [0.15, 0.2) is 0 Å². The summed E-state index contributed by atoms with van der Waals surface area (Å²) in [5.74, 6) is -0.388. The summed E-state index contributed by atoms with van der Waals surface area (Å²) >= 11 is 0. The lowest BCUT2D eigenvalue weighted by atomic mass is 10.0. The summed E-state index contributed by atoms with van der Waals surface area (Å²) in [6.45, 7) is 1.55. The third-order valence-corrected chi connectivity index (χ3v) is 5.94. The molecule has 0 spiro atoms. The molecule has 4 rings (SSSR count). The number of nitro benzene ring substituents is 1. The predicted octanol–water partition coefficient (Wildman–Crippen LogP) is 3.88. The molecule has 0 aliphatic carbocycles. The van der Waals surface area contributed by atoms with E-state index in [4.69, 9.17) is 0 Å². The molecule has 0 radical (unpaired) electrons. The number of amides is 1. The van der Waals surface area contributed by atoms with Gasteiger partial charge in [0.2, 0.25) is 0 Å². The maximum atomic E-state index is 13.3. The molecular formula is C23H24FN5O3. The second-order valence-corrected chi connectivity index (χ2v) is 7.98. The number of rotatable bonds is 5. The number of aromatic nitrogens is 2. The van der Waals surface area contributed by atoms with Gasteiger partial charge in [-0.25, -0.2) is 4.39 Å². The highest BCUT2D eigenvalue weighted by Crippen LogP contribution is 2.28. The lowest BCUT2D eigenvalue weighted by molar-refractivity contribution is -0.384. The summed E-state index contributed by atoms with van der Waals surface area (Å²) in [6, 6.07) is 12.6. The van der Waals surface area contributed by atoms with Crippen LogP contribution in [0.3, 0.4) is 0 Å². The maximum Gasteiger partial charge on any atom is 0.269 e.